The number of esters is 1. The molecule has 110 valence electrons. The molecule has 0 unspecified atom stereocenters. The minimum Gasteiger partial charge on any atom is -0.466 e. The average Bonchev–Trinajstić information content (AvgIpc) is 2.77. The van der Waals surface area contributed by atoms with Gasteiger partial charge in [0, 0.05) is 31.8 Å². The molecule has 0 aliphatic rings. The van der Waals surface area contributed by atoms with Crippen LogP contribution < -0.4 is 5.32 Å². The fourth-order valence-corrected chi connectivity index (χ4v) is 1.74. The summed E-state index contributed by atoms with van der Waals surface area (Å²) in [7, 11) is 1.71. The van der Waals surface area contributed by atoms with Crippen LogP contribution >= 0.6 is 0 Å². The van der Waals surface area contributed by atoms with Crippen molar-refractivity contribution in [1.82, 2.24) is 9.88 Å². The highest BCUT2D eigenvalue weighted by molar-refractivity contribution is 5.99. The zero-order valence-corrected chi connectivity index (χ0v) is 12.1. The second-order valence-electron chi connectivity index (χ2n) is 4.45. The summed E-state index contributed by atoms with van der Waals surface area (Å²) >= 11 is 0. The van der Waals surface area contributed by atoms with Gasteiger partial charge in [-0.3, -0.25) is 14.4 Å². The Labute approximate surface area is 118 Å². The zero-order valence-electron chi connectivity index (χ0n) is 12.1. The highest BCUT2D eigenvalue weighted by atomic mass is 16.5. The first kappa shape index (κ1) is 15.9. The molecule has 0 fully saturated rings. The molecule has 0 radical (unpaired) electrons. The highest BCUT2D eigenvalue weighted by Gasteiger charge is 2.13. The number of hydrogen-bond acceptors (Lipinski definition) is 4. The largest absolute Gasteiger partial charge is 0.466 e. The second-order valence-corrected chi connectivity index (χ2v) is 4.45. The van der Waals surface area contributed by atoms with Crippen molar-refractivity contribution in [2.75, 3.05) is 13.2 Å². The number of ketones is 1. The molecule has 0 aliphatic carbocycles. The number of nitrogens with zero attached hydrogens (tertiary/aromatic N) is 1. The van der Waals surface area contributed by atoms with Gasteiger partial charge in [0.15, 0.2) is 5.78 Å². The maximum Gasteiger partial charge on any atom is 0.305 e. The molecule has 0 bridgehead atoms. The molecule has 1 aromatic heterocycles. The number of Topliss-reactive ketones (excluding diaryl/α,β-unsaturated/α-hetero) is 1. The van der Waals surface area contributed by atoms with Gasteiger partial charge in [-0.05, 0) is 26.3 Å². The van der Waals surface area contributed by atoms with E-state index >= 15 is 0 Å². The van der Waals surface area contributed by atoms with Gasteiger partial charge in [-0.15, -0.1) is 0 Å². The van der Waals surface area contributed by atoms with E-state index in [0.29, 0.717) is 30.8 Å². The van der Waals surface area contributed by atoms with Crippen LogP contribution in [0.4, 0.5) is 0 Å². The molecule has 0 spiro atoms. The number of aromatic nitrogens is 1. The van der Waals surface area contributed by atoms with Crippen LogP contribution in [0.2, 0.25) is 0 Å². The van der Waals surface area contributed by atoms with E-state index in [1.54, 1.807) is 30.8 Å². The van der Waals surface area contributed by atoms with Gasteiger partial charge < -0.3 is 14.6 Å². The van der Waals surface area contributed by atoms with Crippen LogP contribution in [0.3, 0.4) is 0 Å². The monoisotopic (exact) mass is 280 g/mol. The second kappa shape index (κ2) is 7.47. The van der Waals surface area contributed by atoms with Gasteiger partial charge in [0.25, 0.3) is 5.91 Å². The number of aryl methyl sites for hydroxylation is 1. The molecule has 1 rings (SSSR count). The summed E-state index contributed by atoms with van der Waals surface area (Å²) in [6.45, 7) is 3.96. The lowest BCUT2D eigenvalue weighted by atomic mass is 10.2. The molecule has 20 heavy (non-hydrogen) atoms. The molecular formula is C14H20N2O4. The fraction of sp³-hybridized carbons (Fsp3) is 0.500. The summed E-state index contributed by atoms with van der Waals surface area (Å²) in [5.41, 5.74) is 0.926. The van der Waals surface area contributed by atoms with Gasteiger partial charge in [0.05, 0.1) is 6.61 Å². The molecule has 6 heteroatoms. The Morgan fingerprint density at radius 2 is 2.05 bits per heavy atom. The molecule has 0 atom stereocenters. The van der Waals surface area contributed by atoms with Crippen molar-refractivity contribution < 1.29 is 19.1 Å². The van der Waals surface area contributed by atoms with E-state index in [1.807, 2.05) is 0 Å². The van der Waals surface area contributed by atoms with Gasteiger partial charge >= 0.3 is 5.97 Å². The lowest BCUT2D eigenvalue weighted by molar-refractivity contribution is -0.143. The van der Waals surface area contributed by atoms with E-state index in [4.69, 9.17) is 4.74 Å². The Morgan fingerprint density at radius 1 is 1.35 bits per heavy atom. The summed E-state index contributed by atoms with van der Waals surface area (Å²) in [5, 5.41) is 2.71. The molecule has 1 N–H and O–H groups in total. The molecule has 1 aromatic rings. The zero-order chi connectivity index (χ0) is 15.1. The molecule has 6 nitrogen and oxygen atoms in total. The van der Waals surface area contributed by atoms with E-state index in [0.717, 1.165) is 0 Å². The number of rotatable bonds is 7. The number of carbonyl (C=O) groups excluding carboxylic acids is 3. The molecular weight excluding hydrogens is 260 g/mol. The molecule has 0 aliphatic heterocycles. The van der Waals surface area contributed by atoms with Gasteiger partial charge in [-0.2, -0.15) is 0 Å². The van der Waals surface area contributed by atoms with Crippen molar-refractivity contribution >= 4 is 17.7 Å². The van der Waals surface area contributed by atoms with Crippen LogP contribution in [0.15, 0.2) is 12.3 Å². The third-order valence-corrected chi connectivity index (χ3v) is 2.79. The lowest BCUT2D eigenvalue weighted by Gasteiger charge is -2.05. The van der Waals surface area contributed by atoms with Gasteiger partial charge in [0.1, 0.15) is 5.69 Å². The fourth-order valence-electron chi connectivity index (χ4n) is 1.74. The van der Waals surface area contributed by atoms with Crippen LogP contribution in [-0.4, -0.2) is 35.4 Å². The van der Waals surface area contributed by atoms with E-state index in [1.165, 1.54) is 6.92 Å². The average molecular weight is 280 g/mol. The molecule has 1 heterocycles. The third kappa shape index (κ3) is 4.53. The SMILES string of the molecule is CCOC(=O)CCCNC(=O)c1cc(C(C)=O)cn1C. The Bertz CT molecular complexity index is 505. The summed E-state index contributed by atoms with van der Waals surface area (Å²) in [6.07, 6.45) is 2.42. The first-order chi connectivity index (χ1) is 9.45. The van der Waals surface area contributed by atoms with Gasteiger partial charge in [-0.1, -0.05) is 0 Å². The Morgan fingerprint density at radius 3 is 2.60 bits per heavy atom. The van der Waals surface area contributed by atoms with Gasteiger partial charge in [0.2, 0.25) is 0 Å². The van der Waals surface area contributed by atoms with Crippen molar-refractivity contribution in [2.24, 2.45) is 7.05 Å². The van der Waals surface area contributed by atoms with Gasteiger partial charge in [-0.25, -0.2) is 0 Å². The minimum atomic E-state index is -0.264. The molecule has 0 saturated heterocycles. The van der Waals surface area contributed by atoms with E-state index < -0.39 is 0 Å². The summed E-state index contributed by atoms with van der Waals surface area (Å²) in [5.74, 6) is -0.606. The van der Waals surface area contributed by atoms with E-state index in [-0.39, 0.29) is 24.1 Å². The normalized spacial score (nSPS) is 10.2. The summed E-state index contributed by atoms with van der Waals surface area (Å²) in [6, 6.07) is 1.56. The highest BCUT2D eigenvalue weighted by Crippen LogP contribution is 2.08. The Kier molecular flexibility index (Phi) is 5.96. The van der Waals surface area contributed by atoms with Crippen molar-refractivity contribution in [3.8, 4) is 0 Å². The minimum absolute atomic E-state index is 0.0815. The Balaban J connectivity index is 2.43. The maximum atomic E-state index is 11.9. The topological polar surface area (TPSA) is 77.4 Å². The number of nitrogens with one attached hydrogen (secondary N) is 1. The molecule has 0 saturated carbocycles. The predicted octanol–water partition coefficient (Wildman–Crippen LogP) is 1.30. The van der Waals surface area contributed by atoms with E-state index in [9.17, 15) is 14.4 Å². The first-order valence-corrected chi connectivity index (χ1v) is 6.56. The number of hydrogen-bond donors (Lipinski definition) is 1. The van der Waals surface area contributed by atoms with Crippen molar-refractivity contribution in [1.29, 1.82) is 0 Å². The smallest absolute Gasteiger partial charge is 0.305 e. The maximum absolute atomic E-state index is 11.9. The standard InChI is InChI=1S/C14H20N2O4/c1-4-20-13(18)6-5-7-15-14(19)12-8-11(10(2)17)9-16(12)3/h8-9H,4-7H2,1-3H3,(H,15,19). The quantitative estimate of drug-likeness (QED) is 0.464. The molecule has 1 amide bonds. The van der Waals surface area contributed by atoms with E-state index in [2.05, 4.69) is 5.32 Å². The van der Waals surface area contributed by atoms with Crippen molar-refractivity contribution in [2.45, 2.75) is 26.7 Å². The lowest BCUT2D eigenvalue weighted by Crippen LogP contribution is -2.26. The number of ether oxygens (including phenoxy) is 1. The van der Waals surface area contributed by atoms with Crippen LogP contribution in [0, 0.1) is 0 Å². The van der Waals surface area contributed by atoms with Crippen LogP contribution in [0.25, 0.3) is 0 Å². The predicted molar refractivity (Wildman–Crippen MR) is 73.6 cm³/mol. The summed E-state index contributed by atoms with van der Waals surface area (Å²) < 4.78 is 6.40. The van der Waals surface area contributed by atoms with Crippen molar-refractivity contribution in [3.05, 3.63) is 23.5 Å². The van der Waals surface area contributed by atoms with Crippen LogP contribution in [0.1, 0.15) is 47.5 Å². The Hall–Kier alpha value is -2.11. The first-order valence-electron chi connectivity index (χ1n) is 6.56. The van der Waals surface area contributed by atoms with Crippen molar-refractivity contribution in [3.63, 3.8) is 0 Å². The molecule has 0 aromatic carbocycles. The number of amides is 1. The van der Waals surface area contributed by atoms with Crippen LogP contribution in [0.5, 0.6) is 0 Å². The van der Waals surface area contributed by atoms with Crippen LogP contribution in [-0.2, 0) is 16.6 Å². The third-order valence-electron chi connectivity index (χ3n) is 2.79. The summed E-state index contributed by atoms with van der Waals surface area (Å²) in [4.78, 5) is 34.3. The number of carbonyl (C=O) groups is 3.